The molecule has 0 atom stereocenters. The van der Waals surface area contributed by atoms with E-state index in [1.807, 2.05) is 59.3 Å². The summed E-state index contributed by atoms with van der Waals surface area (Å²) < 4.78 is 33.6. The van der Waals surface area contributed by atoms with Gasteiger partial charge in [0.25, 0.3) is 10.0 Å². The number of carbonyl (C=O) groups excluding carboxylic acids is 1. The number of nitrogens with zero attached hydrogens (tertiary/aromatic N) is 3. The Morgan fingerprint density at radius 1 is 1.05 bits per heavy atom. The van der Waals surface area contributed by atoms with E-state index in [4.69, 9.17) is 16.3 Å². The number of halogens is 1. The van der Waals surface area contributed by atoms with E-state index in [2.05, 4.69) is 20.0 Å². The maximum absolute atomic E-state index is 12.8. The van der Waals surface area contributed by atoms with Gasteiger partial charge >= 0.3 is 6.09 Å². The van der Waals surface area contributed by atoms with Gasteiger partial charge in [0.1, 0.15) is 10.5 Å². The van der Waals surface area contributed by atoms with Crippen molar-refractivity contribution in [3.63, 3.8) is 0 Å². The number of aryl methyl sites for hydroxylation is 3. The normalized spacial score (nSPS) is 17.4. The number of benzene rings is 2. The molecule has 11 heteroatoms. The van der Waals surface area contributed by atoms with E-state index in [1.165, 1.54) is 6.07 Å². The van der Waals surface area contributed by atoms with E-state index >= 15 is 0 Å². The van der Waals surface area contributed by atoms with Gasteiger partial charge in [0.05, 0.1) is 5.02 Å². The Morgan fingerprint density at radius 2 is 1.71 bits per heavy atom. The summed E-state index contributed by atoms with van der Waals surface area (Å²) in [7, 11) is -1.97. The minimum absolute atomic E-state index is 0.0461. The number of ether oxygens (including phenoxy) is 1. The highest BCUT2D eigenvalue weighted by Gasteiger charge is 2.29. The first-order chi connectivity index (χ1) is 19.8. The van der Waals surface area contributed by atoms with Crippen molar-refractivity contribution in [1.29, 1.82) is 0 Å². The summed E-state index contributed by atoms with van der Waals surface area (Å²) in [5, 5.41) is 3.61. The molecule has 9 nitrogen and oxygen atoms in total. The molecule has 2 aromatic carbocycles. The zero-order valence-electron chi connectivity index (χ0n) is 24.9. The summed E-state index contributed by atoms with van der Waals surface area (Å²) in [5.74, 6) is 0.606. The fraction of sp³-hybridized carbons (Fsp3) is 0.452. The van der Waals surface area contributed by atoms with Crippen molar-refractivity contribution >= 4 is 39.4 Å². The third kappa shape index (κ3) is 8.58. The topological polar surface area (TPSA) is 114 Å². The Kier molecular flexibility index (Phi) is 9.99. The van der Waals surface area contributed by atoms with E-state index in [0.29, 0.717) is 11.6 Å². The lowest BCUT2D eigenvalue weighted by molar-refractivity contribution is 0.0185. The molecule has 1 aliphatic rings. The van der Waals surface area contributed by atoms with Crippen LogP contribution in [0.4, 0.5) is 16.4 Å². The predicted octanol–water partition coefficient (Wildman–Crippen LogP) is 6.61. The van der Waals surface area contributed by atoms with Gasteiger partial charge in [-0.05, 0) is 107 Å². The molecular weight excluding hydrogens is 574 g/mol. The van der Waals surface area contributed by atoms with Crippen LogP contribution in [0.5, 0.6) is 0 Å². The van der Waals surface area contributed by atoms with Crippen molar-refractivity contribution in [3.05, 3.63) is 76.6 Å². The Labute approximate surface area is 254 Å². The summed E-state index contributed by atoms with van der Waals surface area (Å²) in [6.45, 7) is 7.60. The Bertz CT molecular complexity index is 1480. The first-order valence-electron chi connectivity index (χ1n) is 14.2. The smallest absolute Gasteiger partial charge is 0.410 e. The molecule has 0 saturated heterocycles. The van der Waals surface area contributed by atoms with Crippen molar-refractivity contribution < 1.29 is 17.9 Å². The monoisotopic (exact) mass is 613 g/mol. The first-order valence-corrected chi connectivity index (χ1v) is 16.1. The summed E-state index contributed by atoms with van der Waals surface area (Å²) >= 11 is 6.08. The molecule has 0 bridgehead atoms. The lowest BCUT2D eigenvalue weighted by atomic mass is 9.90. The van der Waals surface area contributed by atoms with E-state index in [-0.39, 0.29) is 28.1 Å². The Hall–Kier alpha value is -3.37. The molecule has 1 heterocycles. The van der Waals surface area contributed by atoms with Crippen molar-refractivity contribution in [1.82, 2.24) is 14.9 Å². The third-order valence-electron chi connectivity index (χ3n) is 7.37. The molecule has 1 aliphatic carbocycles. The van der Waals surface area contributed by atoms with Crippen LogP contribution in [-0.4, -0.2) is 54.1 Å². The number of nitrogens with one attached hydrogen (secondary N) is 2. The average molecular weight is 614 g/mol. The van der Waals surface area contributed by atoms with Crippen LogP contribution in [0.2, 0.25) is 5.02 Å². The zero-order valence-corrected chi connectivity index (χ0v) is 26.4. The number of rotatable bonds is 9. The standard InChI is InChI=1S/C31H40ClN5O4S/c1-21-18-25(36-42(39,40)28-9-7-6-8-27(28)32)13-12-23(21)11-10-22-19-33-29(34-20-22)35-24-14-16-26(17-15-24)37(5)30(38)41-31(2,3)4/h6-9,12-13,18-20,24,26,36H,10-11,14-17H2,1-5H3,(H,33,34,35). The van der Waals surface area contributed by atoms with Crippen LogP contribution >= 0.6 is 11.6 Å². The van der Waals surface area contributed by atoms with Crippen LogP contribution in [0.15, 0.2) is 59.8 Å². The fourth-order valence-electron chi connectivity index (χ4n) is 5.02. The lowest BCUT2D eigenvalue weighted by Crippen LogP contribution is -2.43. The number of anilines is 2. The molecular formula is C31H40ClN5O4S. The second kappa shape index (κ2) is 13.3. The summed E-state index contributed by atoms with van der Waals surface area (Å²) in [6.07, 6.45) is 8.58. The third-order valence-corrected chi connectivity index (χ3v) is 9.25. The highest BCUT2D eigenvalue weighted by molar-refractivity contribution is 7.92. The van der Waals surface area contributed by atoms with Crippen LogP contribution in [0.1, 0.15) is 63.1 Å². The molecule has 226 valence electrons. The molecule has 3 aromatic rings. The molecule has 0 radical (unpaired) electrons. The molecule has 4 rings (SSSR count). The highest BCUT2D eigenvalue weighted by Crippen LogP contribution is 2.27. The van der Waals surface area contributed by atoms with Gasteiger partial charge in [-0.3, -0.25) is 4.72 Å². The maximum atomic E-state index is 12.8. The van der Waals surface area contributed by atoms with Crippen LogP contribution in [0.3, 0.4) is 0 Å². The number of hydrogen-bond acceptors (Lipinski definition) is 7. The minimum Gasteiger partial charge on any atom is -0.444 e. The van der Waals surface area contributed by atoms with Crippen molar-refractivity contribution in [2.24, 2.45) is 0 Å². The molecule has 1 fully saturated rings. The number of sulfonamides is 1. The number of hydrogen-bond donors (Lipinski definition) is 2. The van der Waals surface area contributed by atoms with Crippen molar-refractivity contribution in [3.8, 4) is 0 Å². The van der Waals surface area contributed by atoms with Crippen LogP contribution in [-0.2, 0) is 27.6 Å². The van der Waals surface area contributed by atoms with Crippen LogP contribution in [0, 0.1) is 6.92 Å². The van der Waals surface area contributed by atoms with Crippen molar-refractivity contribution in [2.75, 3.05) is 17.1 Å². The maximum Gasteiger partial charge on any atom is 0.410 e. The SMILES string of the molecule is Cc1cc(NS(=O)(=O)c2ccccc2Cl)ccc1CCc1cnc(NC2CCC(N(C)C(=O)OC(C)(C)C)CC2)nc1. The second-order valence-electron chi connectivity index (χ2n) is 11.8. The first kappa shape index (κ1) is 31.6. The molecule has 0 spiro atoms. The van der Waals surface area contributed by atoms with Gasteiger partial charge in [0, 0.05) is 37.2 Å². The quantitative estimate of drug-likeness (QED) is 0.279. The van der Waals surface area contributed by atoms with Gasteiger partial charge in [0.2, 0.25) is 5.95 Å². The molecule has 2 N–H and O–H groups in total. The van der Waals surface area contributed by atoms with Gasteiger partial charge in [-0.15, -0.1) is 0 Å². The zero-order chi connectivity index (χ0) is 30.5. The molecule has 0 aliphatic heterocycles. The predicted molar refractivity (Wildman–Crippen MR) is 167 cm³/mol. The fourth-order valence-corrected chi connectivity index (χ4v) is 6.59. The molecule has 1 amide bonds. The van der Waals surface area contributed by atoms with Gasteiger partial charge in [-0.2, -0.15) is 0 Å². The average Bonchev–Trinajstić information content (AvgIpc) is 2.92. The van der Waals surface area contributed by atoms with Gasteiger partial charge < -0.3 is 15.0 Å². The molecule has 1 saturated carbocycles. The summed E-state index contributed by atoms with van der Waals surface area (Å²) in [6, 6.07) is 12.3. The molecule has 0 unspecified atom stereocenters. The lowest BCUT2D eigenvalue weighted by Gasteiger charge is -2.35. The minimum atomic E-state index is -3.79. The van der Waals surface area contributed by atoms with Crippen LogP contribution < -0.4 is 10.0 Å². The van der Waals surface area contributed by atoms with Gasteiger partial charge in [-0.25, -0.2) is 23.2 Å². The highest BCUT2D eigenvalue weighted by atomic mass is 35.5. The number of amides is 1. The van der Waals surface area contributed by atoms with E-state index in [1.54, 1.807) is 29.2 Å². The number of aromatic nitrogens is 2. The van der Waals surface area contributed by atoms with Gasteiger partial charge in [0.15, 0.2) is 0 Å². The molecule has 42 heavy (non-hydrogen) atoms. The van der Waals surface area contributed by atoms with E-state index in [9.17, 15) is 13.2 Å². The second-order valence-corrected chi connectivity index (χ2v) is 13.9. The van der Waals surface area contributed by atoms with Crippen molar-refractivity contribution in [2.45, 2.75) is 88.8 Å². The largest absolute Gasteiger partial charge is 0.444 e. The summed E-state index contributed by atoms with van der Waals surface area (Å²) in [4.78, 5) is 23.2. The summed E-state index contributed by atoms with van der Waals surface area (Å²) in [5.41, 5.74) is 3.11. The Morgan fingerprint density at radius 3 is 2.33 bits per heavy atom. The van der Waals surface area contributed by atoms with E-state index < -0.39 is 15.6 Å². The molecule has 1 aromatic heterocycles. The van der Waals surface area contributed by atoms with Gasteiger partial charge in [-0.1, -0.05) is 29.8 Å². The van der Waals surface area contributed by atoms with Crippen LogP contribution in [0.25, 0.3) is 0 Å². The van der Waals surface area contributed by atoms with E-state index in [0.717, 1.165) is 55.2 Å². The number of carbonyl (C=O) groups is 1. The Balaban J connectivity index is 1.25.